The minimum atomic E-state index is 0.414. The van der Waals surface area contributed by atoms with Crippen molar-refractivity contribution < 1.29 is 0 Å². The van der Waals surface area contributed by atoms with E-state index in [2.05, 4.69) is 28.5 Å². The van der Waals surface area contributed by atoms with E-state index < -0.39 is 0 Å². The van der Waals surface area contributed by atoms with Gasteiger partial charge in [-0.05, 0) is 24.7 Å². The zero-order valence-electron chi connectivity index (χ0n) is 11.4. The Bertz CT molecular complexity index is 588. The second-order valence-corrected chi connectivity index (χ2v) is 5.86. The lowest BCUT2D eigenvalue weighted by molar-refractivity contribution is 0.471. The largest absolute Gasteiger partial charge is 0.369 e. The highest BCUT2D eigenvalue weighted by molar-refractivity contribution is 5.77. The summed E-state index contributed by atoms with van der Waals surface area (Å²) in [4.78, 5) is 4.52. The van der Waals surface area contributed by atoms with Gasteiger partial charge in [0, 0.05) is 13.6 Å². The Morgan fingerprint density at radius 2 is 2.11 bits per heavy atom. The molecule has 5 heteroatoms. The number of aryl methyl sites for hydroxylation is 2. The summed E-state index contributed by atoms with van der Waals surface area (Å²) < 4.78 is 4.06. The summed E-state index contributed by atoms with van der Waals surface area (Å²) in [6.07, 6.45) is 4.61. The number of imidazole rings is 1. The third kappa shape index (κ3) is 1.69. The van der Waals surface area contributed by atoms with Crippen LogP contribution in [0, 0.1) is 5.41 Å². The fraction of sp³-hybridized carbons (Fsp3) is 0.692. The first-order chi connectivity index (χ1) is 8.54. The molecule has 2 heterocycles. The molecule has 0 bridgehead atoms. The molecule has 98 valence electrons. The Labute approximate surface area is 107 Å². The van der Waals surface area contributed by atoms with Gasteiger partial charge in [-0.3, -0.25) is 9.25 Å². The summed E-state index contributed by atoms with van der Waals surface area (Å²) in [5.41, 5.74) is 9.62. The van der Waals surface area contributed by atoms with E-state index in [0.29, 0.717) is 11.4 Å². The maximum absolute atomic E-state index is 6.08. The van der Waals surface area contributed by atoms with Crippen molar-refractivity contribution in [2.75, 3.05) is 5.73 Å². The van der Waals surface area contributed by atoms with Crippen molar-refractivity contribution in [2.24, 2.45) is 12.5 Å². The topological polar surface area (TPSA) is 61.7 Å². The van der Waals surface area contributed by atoms with E-state index >= 15 is 0 Å². The van der Waals surface area contributed by atoms with Crippen LogP contribution in [0.3, 0.4) is 0 Å². The zero-order chi connectivity index (χ0) is 12.9. The summed E-state index contributed by atoms with van der Waals surface area (Å²) in [6.45, 7) is 5.42. The lowest BCUT2D eigenvalue weighted by atomic mass is 10.1. The quantitative estimate of drug-likeness (QED) is 0.900. The highest BCUT2D eigenvalue weighted by Crippen LogP contribution is 2.47. The van der Waals surface area contributed by atoms with Crippen LogP contribution in [-0.4, -0.2) is 19.3 Å². The second-order valence-electron chi connectivity index (χ2n) is 5.86. The first-order valence-corrected chi connectivity index (χ1v) is 6.72. The van der Waals surface area contributed by atoms with E-state index in [1.165, 1.54) is 12.8 Å². The summed E-state index contributed by atoms with van der Waals surface area (Å²) >= 11 is 0. The van der Waals surface area contributed by atoms with Crippen molar-refractivity contribution in [1.29, 1.82) is 0 Å². The summed E-state index contributed by atoms with van der Waals surface area (Å²) in [5, 5.41) is 4.57. The molecule has 1 saturated carbocycles. The molecule has 1 aliphatic rings. The minimum Gasteiger partial charge on any atom is -0.369 e. The van der Waals surface area contributed by atoms with Gasteiger partial charge in [0.05, 0.1) is 5.69 Å². The van der Waals surface area contributed by atoms with Crippen molar-refractivity contribution in [1.82, 2.24) is 19.3 Å². The number of aromatic nitrogens is 4. The van der Waals surface area contributed by atoms with Gasteiger partial charge in [-0.15, -0.1) is 0 Å². The van der Waals surface area contributed by atoms with E-state index in [0.717, 1.165) is 36.2 Å². The van der Waals surface area contributed by atoms with E-state index in [9.17, 15) is 0 Å². The van der Waals surface area contributed by atoms with Gasteiger partial charge in [0.2, 0.25) is 5.95 Å². The molecular formula is C13H21N5. The summed E-state index contributed by atoms with van der Waals surface area (Å²) in [5.74, 6) is 0.628. The Morgan fingerprint density at radius 3 is 2.72 bits per heavy atom. The third-order valence-electron chi connectivity index (χ3n) is 3.95. The number of nitrogens with zero attached hydrogens (tertiary/aromatic N) is 4. The van der Waals surface area contributed by atoms with Crippen LogP contribution in [0.1, 0.15) is 38.8 Å². The molecule has 18 heavy (non-hydrogen) atoms. The van der Waals surface area contributed by atoms with Gasteiger partial charge in [-0.2, -0.15) is 5.10 Å². The van der Waals surface area contributed by atoms with E-state index in [1.54, 1.807) is 0 Å². The monoisotopic (exact) mass is 247 g/mol. The lowest BCUT2D eigenvalue weighted by Crippen LogP contribution is -2.13. The molecule has 5 nitrogen and oxygen atoms in total. The molecule has 0 amide bonds. The van der Waals surface area contributed by atoms with Gasteiger partial charge in [-0.25, -0.2) is 4.98 Å². The first-order valence-electron chi connectivity index (χ1n) is 6.72. The third-order valence-corrected chi connectivity index (χ3v) is 3.95. The smallest absolute Gasteiger partial charge is 0.202 e. The summed E-state index contributed by atoms with van der Waals surface area (Å²) in [6, 6.07) is 0. The SMILES string of the molecule is CCCc1nn(C)c2c1nc(N)n2CC1(C)CC1. The van der Waals surface area contributed by atoms with Crippen molar-refractivity contribution in [3.05, 3.63) is 5.69 Å². The molecular weight excluding hydrogens is 226 g/mol. The van der Waals surface area contributed by atoms with Crippen molar-refractivity contribution in [3.8, 4) is 0 Å². The molecule has 1 fully saturated rings. The normalized spacial score (nSPS) is 17.5. The Morgan fingerprint density at radius 1 is 1.39 bits per heavy atom. The molecule has 2 N–H and O–H groups in total. The van der Waals surface area contributed by atoms with Crippen molar-refractivity contribution in [2.45, 2.75) is 46.1 Å². The zero-order valence-corrected chi connectivity index (χ0v) is 11.4. The van der Waals surface area contributed by atoms with Crippen LogP contribution in [0.2, 0.25) is 0 Å². The maximum Gasteiger partial charge on any atom is 0.202 e. The van der Waals surface area contributed by atoms with Crippen LogP contribution in [0.4, 0.5) is 5.95 Å². The summed E-state index contributed by atoms with van der Waals surface area (Å²) in [7, 11) is 1.98. The maximum atomic E-state index is 6.08. The predicted octanol–water partition coefficient (Wildman–Crippen LogP) is 2.10. The molecule has 3 rings (SSSR count). The number of hydrogen-bond donors (Lipinski definition) is 1. The number of rotatable bonds is 4. The van der Waals surface area contributed by atoms with E-state index in [4.69, 9.17) is 5.73 Å². The van der Waals surface area contributed by atoms with Gasteiger partial charge in [0.15, 0.2) is 5.65 Å². The fourth-order valence-electron chi connectivity index (χ4n) is 2.57. The Kier molecular flexibility index (Phi) is 2.40. The standard InChI is InChI=1S/C13H21N5/c1-4-5-9-10-11(17(3)16-9)18(12(14)15-10)8-13(2)6-7-13/h4-8H2,1-3H3,(H2,14,15). The van der Waals surface area contributed by atoms with Crippen LogP contribution in [0.15, 0.2) is 0 Å². The Hall–Kier alpha value is -1.52. The van der Waals surface area contributed by atoms with Crippen LogP contribution < -0.4 is 5.73 Å². The lowest BCUT2D eigenvalue weighted by Gasteiger charge is -2.11. The highest BCUT2D eigenvalue weighted by Gasteiger charge is 2.38. The molecule has 2 aromatic heterocycles. The van der Waals surface area contributed by atoms with Crippen LogP contribution in [0.5, 0.6) is 0 Å². The number of nitrogen functional groups attached to an aromatic ring is 1. The average Bonchev–Trinajstić information content (AvgIpc) is 2.84. The van der Waals surface area contributed by atoms with E-state index in [1.807, 2.05) is 11.7 Å². The number of anilines is 1. The van der Waals surface area contributed by atoms with Gasteiger partial charge >= 0.3 is 0 Å². The van der Waals surface area contributed by atoms with Crippen molar-refractivity contribution >= 4 is 17.1 Å². The molecule has 0 aromatic carbocycles. The van der Waals surface area contributed by atoms with Crippen LogP contribution in [-0.2, 0) is 20.0 Å². The number of nitrogens with two attached hydrogens (primary N) is 1. The van der Waals surface area contributed by atoms with E-state index in [-0.39, 0.29) is 0 Å². The molecule has 0 radical (unpaired) electrons. The first kappa shape index (κ1) is 11.6. The molecule has 0 spiro atoms. The Balaban J connectivity index is 2.10. The number of fused-ring (bicyclic) bond motifs is 1. The number of hydrogen-bond acceptors (Lipinski definition) is 3. The molecule has 1 aliphatic carbocycles. The van der Waals surface area contributed by atoms with Gasteiger partial charge in [0.25, 0.3) is 0 Å². The minimum absolute atomic E-state index is 0.414. The average molecular weight is 247 g/mol. The van der Waals surface area contributed by atoms with Crippen molar-refractivity contribution in [3.63, 3.8) is 0 Å². The fourth-order valence-corrected chi connectivity index (χ4v) is 2.57. The van der Waals surface area contributed by atoms with Gasteiger partial charge in [0.1, 0.15) is 5.52 Å². The van der Waals surface area contributed by atoms with Gasteiger partial charge < -0.3 is 5.73 Å². The molecule has 0 unspecified atom stereocenters. The molecule has 0 saturated heterocycles. The van der Waals surface area contributed by atoms with Gasteiger partial charge in [-0.1, -0.05) is 20.3 Å². The highest BCUT2D eigenvalue weighted by atomic mass is 15.3. The van der Waals surface area contributed by atoms with Crippen LogP contribution >= 0.6 is 0 Å². The molecule has 0 aliphatic heterocycles. The predicted molar refractivity (Wildman–Crippen MR) is 72.2 cm³/mol. The molecule has 2 aromatic rings. The second kappa shape index (κ2) is 3.73. The molecule has 0 atom stereocenters. The van der Waals surface area contributed by atoms with Crippen LogP contribution in [0.25, 0.3) is 11.2 Å².